The van der Waals surface area contributed by atoms with Crippen LogP contribution in [0.1, 0.15) is 31.2 Å². The number of nitrogens with zero attached hydrogens (tertiary/aromatic N) is 2. The van der Waals surface area contributed by atoms with E-state index in [2.05, 4.69) is 41.0 Å². The summed E-state index contributed by atoms with van der Waals surface area (Å²) in [4.78, 5) is 5.39. The van der Waals surface area contributed by atoms with Crippen LogP contribution in [-0.2, 0) is 0 Å². The zero-order chi connectivity index (χ0) is 13.5. The van der Waals surface area contributed by atoms with Crippen molar-refractivity contribution in [2.75, 3.05) is 31.1 Å². The summed E-state index contributed by atoms with van der Waals surface area (Å²) in [5.41, 5.74) is 2.86. The first-order valence-electron chi connectivity index (χ1n) is 8.36. The maximum absolute atomic E-state index is 2.80. The molecule has 3 unspecified atom stereocenters. The molecule has 1 aromatic carbocycles. The minimum atomic E-state index is 0.924. The number of hydrogen-bond acceptors (Lipinski definition) is 2. The number of fused-ring (bicyclic) bond motifs is 2. The van der Waals surface area contributed by atoms with Crippen LogP contribution in [0, 0.1) is 18.8 Å². The smallest absolute Gasteiger partial charge is 0.0396 e. The summed E-state index contributed by atoms with van der Waals surface area (Å²) in [6, 6.07) is 9.75. The molecule has 0 radical (unpaired) electrons. The number of aryl methyl sites for hydroxylation is 1. The average molecular weight is 270 g/mol. The van der Waals surface area contributed by atoms with E-state index in [1.165, 1.54) is 63.1 Å². The molecular formula is C18H26N2. The van der Waals surface area contributed by atoms with E-state index in [1.54, 1.807) is 0 Å². The standard InChI is InChI=1S/C18H26N2/c1-14-4-2-3-5-17(14)19-8-10-20(11-9-19)18-13-15-6-7-16(18)12-15/h2-5,15-16,18H,6-13H2,1H3. The molecule has 0 spiro atoms. The Hall–Kier alpha value is -1.02. The van der Waals surface area contributed by atoms with Crippen LogP contribution in [0.3, 0.4) is 0 Å². The number of para-hydroxylation sites is 1. The molecule has 3 atom stereocenters. The number of anilines is 1. The van der Waals surface area contributed by atoms with Crippen molar-refractivity contribution in [3.05, 3.63) is 29.8 Å². The topological polar surface area (TPSA) is 6.48 Å². The van der Waals surface area contributed by atoms with Gasteiger partial charge in [0, 0.05) is 37.9 Å². The molecule has 20 heavy (non-hydrogen) atoms. The van der Waals surface area contributed by atoms with Crippen LogP contribution < -0.4 is 4.90 Å². The van der Waals surface area contributed by atoms with Crippen molar-refractivity contribution in [2.24, 2.45) is 11.8 Å². The zero-order valence-electron chi connectivity index (χ0n) is 12.6. The van der Waals surface area contributed by atoms with Gasteiger partial charge in [-0.3, -0.25) is 4.90 Å². The molecule has 1 aliphatic heterocycles. The Labute approximate surface area is 122 Å². The third-order valence-electron chi connectivity index (χ3n) is 5.94. The Morgan fingerprint density at radius 3 is 2.40 bits per heavy atom. The number of benzene rings is 1. The number of rotatable bonds is 2. The largest absolute Gasteiger partial charge is 0.369 e. The van der Waals surface area contributed by atoms with Gasteiger partial charge in [0.05, 0.1) is 0 Å². The molecule has 108 valence electrons. The fourth-order valence-corrected chi connectivity index (χ4v) is 4.87. The van der Waals surface area contributed by atoms with Crippen LogP contribution in [0.25, 0.3) is 0 Å². The van der Waals surface area contributed by atoms with Crippen molar-refractivity contribution in [3.63, 3.8) is 0 Å². The Kier molecular flexibility index (Phi) is 3.22. The monoisotopic (exact) mass is 270 g/mol. The van der Waals surface area contributed by atoms with Gasteiger partial charge in [-0.2, -0.15) is 0 Å². The molecule has 0 aromatic heterocycles. The van der Waals surface area contributed by atoms with E-state index < -0.39 is 0 Å². The Balaban J connectivity index is 1.40. The second kappa shape index (κ2) is 5.07. The first kappa shape index (κ1) is 12.7. The van der Waals surface area contributed by atoms with Crippen molar-refractivity contribution in [3.8, 4) is 0 Å². The van der Waals surface area contributed by atoms with Gasteiger partial charge in [0.2, 0.25) is 0 Å². The number of piperazine rings is 1. The van der Waals surface area contributed by atoms with E-state index in [0.29, 0.717) is 0 Å². The lowest BCUT2D eigenvalue weighted by Crippen LogP contribution is -2.51. The third kappa shape index (κ3) is 2.14. The van der Waals surface area contributed by atoms with E-state index in [0.717, 1.165) is 17.9 Å². The quantitative estimate of drug-likeness (QED) is 0.813. The summed E-state index contributed by atoms with van der Waals surface area (Å²) >= 11 is 0. The molecule has 1 saturated heterocycles. The summed E-state index contributed by atoms with van der Waals surface area (Å²) < 4.78 is 0. The van der Waals surface area contributed by atoms with Gasteiger partial charge in [0.1, 0.15) is 0 Å². The molecule has 2 aliphatic carbocycles. The first-order chi connectivity index (χ1) is 9.81. The van der Waals surface area contributed by atoms with Gasteiger partial charge in [0.15, 0.2) is 0 Å². The van der Waals surface area contributed by atoms with E-state index in [1.807, 2.05) is 0 Å². The van der Waals surface area contributed by atoms with Crippen LogP contribution in [0.2, 0.25) is 0 Å². The van der Waals surface area contributed by atoms with Gasteiger partial charge in [0.25, 0.3) is 0 Å². The van der Waals surface area contributed by atoms with E-state index in [4.69, 9.17) is 0 Å². The lowest BCUT2D eigenvalue weighted by atomic mass is 9.93. The minimum absolute atomic E-state index is 0.924. The Morgan fingerprint density at radius 2 is 1.75 bits per heavy atom. The summed E-state index contributed by atoms with van der Waals surface area (Å²) in [6.45, 7) is 7.18. The van der Waals surface area contributed by atoms with Crippen LogP contribution in [0.4, 0.5) is 5.69 Å². The molecule has 3 aliphatic rings. The lowest BCUT2D eigenvalue weighted by Gasteiger charge is -2.42. The highest BCUT2D eigenvalue weighted by Crippen LogP contribution is 2.46. The molecule has 2 bridgehead atoms. The number of hydrogen-bond donors (Lipinski definition) is 0. The normalized spacial score (nSPS) is 33.9. The fourth-order valence-electron chi connectivity index (χ4n) is 4.87. The van der Waals surface area contributed by atoms with Crippen molar-refractivity contribution < 1.29 is 0 Å². The van der Waals surface area contributed by atoms with E-state index >= 15 is 0 Å². The molecule has 0 N–H and O–H groups in total. The van der Waals surface area contributed by atoms with Gasteiger partial charge in [-0.15, -0.1) is 0 Å². The van der Waals surface area contributed by atoms with E-state index in [9.17, 15) is 0 Å². The SMILES string of the molecule is Cc1ccccc1N1CCN(C2CC3CCC2C3)CC1. The average Bonchev–Trinajstić information content (AvgIpc) is 3.11. The highest BCUT2D eigenvalue weighted by molar-refractivity contribution is 5.53. The van der Waals surface area contributed by atoms with Crippen molar-refractivity contribution >= 4 is 5.69 Å². The zero-order valence-corrected chi connectivity index (χ0v) is 12.6. The summed E-state index contributed by atoms with van der Waals surface area (Å²) in [6.07, 6.45) is 6.05. The molecule has 0 amide bonds. The van der Waals surface area contributed by atoms with Crippen molar-refractivity contribution in [2.45, 2.75) is 38.6 Å². The lowest BCUT2D eigenvalue weighted by molar-refractivity contribution is 0.135. The van der Waals surface area contributed by atoms with Gasteiger partial charge >= 0.3 is 0 Å². The Bertz CT molecular complexity index is 476. The molecule has 3 fully saturated rings. The molecule has 2 saturated carbocycles. The highest BCUT2D eigenvalue weighted by atomic mass is 15.3. The van der Waals surface area contributed by atoms with Crippen LogP contribution in [0.15, 0.2) is 24.3 Å². The van der Waals surface area contributed by atoms with E-state index in [-0.39, 0.29) is 0 Å². The molecule has 4 rings (SSSR count). The van der Waals surface area contributed by atoms with Crippen molar-refractivity contribution in [1.29, 1.82) is 0 Å². The first-order valence-corrected chi connectivity index (χ1v) is 8.36. The summed E-state index contributed by atoms with van der Waals surface area (Å²) in [7, 11) is 0. The molecule has 2 nitrogen and oxygen atoms in total. The van der Waals surface area contributed by atoms with Crippen LogP contribution >= 0.6 is 0 Å². The van der Waals surface area contributed by atoms with Crippen LogP contribution in [0.5, 0.6) is 0 Å². The molecular weight excluding hydrogens is 244 g/mol. The maximum Gasteiger partial charge on any atom is 0.0396 e. The minimum Gasteiger partial charge on any atom is -0.369 e. The predicted molar refractivity (Wildman–Crippen MR) is 84.2 cm³/mol. The predicted octanol–water partition coefficient (Wildman–Crippen LogP) is 3.31. The van der Waals surface area contributed by atoms with Crippen LogP contribution in [-0.4, -0.2) is 37.1 Å². The second-order valence-electron chi connectivity index (χ2n) is 7.05. The molecule has 2 heteroatoms. The second-order valence-corrected chi connectivity index (χ2v) is 7.05. The maximum atomic E-state index is 2.80. The molecule has 1 heterocycles. The van der Waals surface area contributed by atoms with Crippen molar-refractivity contribution in [1.82, 2.24) is 4.90 Å². The Morgan fingerprint density at radius 1 is 0.950 bits per heavy atom. The molecule has 1 aromatic rings. The van der Waals surface area contributed by atoms with Gasteiger partial charge < -0.3 is 4.90 Å². The summed E-state index contributed by atoms with van der Waals surface area (Å²) in [5, 5.41) is 0. The van der Waals surface area contributed by atoms with Gasteiger partial charge in [-0.25, -0.2) is 0 Å². The highest BCUT2D eigenvalue weighted by Gasteiger charge is 2.42. The fraction of sp³-hybridized carbons (Fsp3) is 0.667. The summed E-state index contributed by atoms with van der Waals surface area (Å²) in [5.74, 6) is 2.10. The van der Waals surface area contributed by atoms with Gasteiger partial charge in [-0.1, -0.05) is 24.6 Å². The van der Waals surface area contributed by atoms with Gasteiger partial charge in [-0.05, 0) is 49.7 Å². The third-order valence-corrected chi connectivity index (χ3v) is 5.94.